The minimum atomic E-state index is 0.128. The molecule has 1 amide bonds. The van der Waals surface area contributed by atoms with E-state index in [0.717, 1.165) is 52.9 Å². The van der Waals surface area contributed by atoms with Crippen LogP contribution in [0.5, 0.6) is 0 Å². The van der Waals surface area contributed by atoms with Crippen LogP contribution in [0.1, 0.15) is 9.67 Å². The molecule has 5 rings (SSSR count). The first kappa shape index (κ1) is 16.7. The summed E-state index contributed by atoms with van der Waals surface area (Å²) in [6, 6.07) is 20.2. The Kier molecular flexibility index (Phi) is 4.26. The van der Waals surface area contributed by atoms with Gasteiger partial charge in [0.25, 0.3) is 5.91 Å². The van der Waals surface area contributed by atoms with Crippen molar-refractivity contribution in [1.29, 1.82) is 0 Å². The quantitative estimate of drug-likeness (QED) is 0.758. The Hall–Kier alpha value is -2.50. The lowest BCUT2D eigenvalue weighted by atomic mass is 10.0. The van der Waals surface area contributed by atoms with E-state index in [1.807, 2.05) is 65.6 Å². The molecule has 2 aliphatic rings. The molecule has 1 N–H and O–H groups in total. The van der Waals surface area contributed by atoms with Crippen molar-refractivity contribution in [2.24, 2.45) is 11.8 Å². The van der Waals surface area contributed by atoms with Crippen LogP contribution < -0.4 is 5.32 Å². The van der Waals surface area contributed by atoms with E-state index < -0.39 is 0 Å². The van der Waals surface area contributed by atoms with Gasteiger partial charge in [0, 0.05) is 37.3 Å². The number of amides is 1. The van der Waals surface area contributed by atoms with E-state index in [2.05, 4.69) is 5.32 Å². The maximum absolute atomic E-state index is 13.4. The number of benzene rings is 2. The second-order valence-electron chi connectivity index (χ2n) is 7.32. The first-order chi connectivity index (χ1) is 13.3. The number of hydrogen-bond acceptors (Lipinski definition) is 4. The van der Waals surface area contributed by atoms with Gasteiger partial charge < -0.3 is 10.2 Å². The zero-order valence-electron chi connectivity index (χ0n) is 15.0. The predicted molar refractivity (Wildman–Crippen MR) is 109 cm³/mol. The Bertz CT molecular complexity index is 942. The molecule has 2 aliphatic heterocycles. The van der Waals surface area contributed by atoms with E-state index >= 15 is 0 Å². The number of nitrogens with one attached hydrogen (secondary N) is 1. The third-order valence-electron chi connectivity index (χ3n) is 5.57. The fourth-order valence-electron chi connectivity index (χ4n) is 4.13. The van der Waals surface area contributed by atoms with Crippen LogP contribution in [-0.2, 0) is 0 Å². The van der Waals surface area contributed by atoms with Crippen molar-refractivity contribution in [2.75, 3.05) is 26.2 Å². The Labute approximate surface area is 162 Å². The third kappa shape index (κ3) is 3.07. The number of aromatic nitrogens is 1. The van der Waals surface area contributed by atoms with Gasteiger partial charge in [-0.2, -0.15) is 0 Å². The van der Waals surface area contributed by atoms with Gasteiger partial charge in [0.1, 0.15) is 9.88 Å². The molecule has 0 aliphatic carbocycles. The maximum atomic E-state index is 13.4. The topological polar surface area (TPSA) is 45.2 Å². The molecule has 2 fully saturated rings. The summed E-state index contributed by atoms with van der Waals surface area (Å²) >= 11 is 1.51. The van der Waals surface area contributed by atoms with Crippen LogP contribution >= 0.6 is 11.3 Å². The van der Waals surface area contributed by atoms with E-state index in [1.165, 1.54) is 11.3 Å². The van der Waals surface area contributed by atoms with Gasteiger partial charge in [0.05, 0.1) is 5.69 Å². The lowest BCUT2D eigenvalue weighted by Gasteiger charge is -2.17. The van der Waals surface area contributed by atoms with Crippen molar-refractivity contribution < 1.29 is 4.79 Å². The molecular formula is C22H21N3OS. The van der Waals surface area contributed by atoms with E-state index in [-0.39, 0.29) is 5.91 Å². The zero-order valence-corrected chi connectivity index (χ0v) is 15.8. The molecule has 2 aromatic carbocycles. The number of hydrogen-bond donors (Lipinski definition) is 1. The second kappa shape index (κ2) is 6.91. The number of nitrogens with zero attached hydrogens (tertiary/aromatic N) is 2. The van der Waals surface area contributed by atoms with Crippen molar-refractivity contribution in [2.45, 2.75) is 0 Å². The fraction of sp³-hybridized carbons (Fsp3) is 0.273. The number of fused-ring (bicyclic) bond motifs is 1. The van der Waals surface area contributed by atoms with Crippen LogP contribution in [0.3, 0.4) is 0 Å². The third-order valence-corrected chi connectivity index (χ3v) is 6.66. The minimum Gasteiger partial charge on any atom is -0.337 e. The Morgan fingerprint density at radius 2 is 1.52 bits per heavy atom. The molecule has 5 heteroatoms. The molecule has 2 saturated heterocycles. The molecular weight excluding hydrogens is 354 g/mol. The molecule has 136 valence electrons. The molecule has 2 atom stereocenters. The van der Waals surface area contributed by atoms with Crippen molar-refractivity contribution >= 4 is 17.2 Å². The van der Waals surface area contributed by atoms with E-state index in [9.17, 15) is 4.79 Å². The van der Waals surface area contributed by atoms with Crippen molar-refractivity contribution in [3.05, 3.63) is 65.5 Å². The monoisotopic (exact) mass is 375 g/mol. The van der Waals surface area contributed by atoms with Gasteiger partial charge in [0.2, 0.25) is 0 Å². The second-order valence-corrected chi connectivity index (χ2v) is 8.32. The standard InChI is InChI=1S/C22H21N3OS/c26-22(25-13-17-11-23-12-18(17)14-25)20-19(15-7-3-1-4-8-15)24-21(27-20)16-9-5-2-6-10-16/h1-10,17-18,23H,11-14H2/t17-,18+. The summed E-state index contributed by atoms with van der Waals surface area (Å²) in [5, 5.41) is 4.34. The number of likely N-dealkylation sites (tertiary alicyclic amines) is 1. The summed E-state index contributed by atoms with van der Waals surface area (Å²) in [5.74, 6) is 1.31. The molecule has 0 saturated carbocycles. The van der Waals surface area contributed by atoms with Gasteiger partial charge in [-0.3, -0.25) is 4.79 Å². The number of thiazole rings is 1. The summed E-state index contributed by atoms with van der Waals surface area (Å²) in [4.78, 5) is 21.1. The summed E-state index contributed by atoms with van der Waals surface area (Å²) in [6.07, 6.45) is 0. The highest BCUT2D eigenvalue weighted by molar-refractivity contribution is 7.17. The van der Waals surface area contributed by atoms with Crippen LogP contribution in [-0.4, -0.2) is 42.0 Å². The lowest BCUT2D eigenvalue weighted by Crippen LogP contribution is -2.31. The van der Waals surface area contributed by atoms with E-state index in [0.29, 0.717) is 11.8 Å². The Morgan fingerprint density at radius 3 is 2.15 bits per heavy atom. The molecule has 0 unspecified atom stereocenters. The summed E-state index contributed by atoms with van der Waals surface area (Å²) in [6.45, 7) is 3.75. The maximum Gasteiger partial charge on any atom is 0.266 e. The average molecular weight is 375 g/mol. The van der Waals surface area contributed by atoms with E-state index in [4.69, 9.17) is 4.98 Å². The normalized spacial score (nSPS) is 21.4. The highest BCUT2D eigenvalue weighted by Gasteiger charge is 2.39. The number of carbonyl (C=O) groups is 1. The van der Waals surface area contributed by atoms with Crippen LogP contribution in [0.25, 0.3) is 21.8 Å². The van der Waals surface area contributed by atoms with Crippen molar-refractivity contribution in [3.8, 4) is 21.8 Å². The van der Waals surface area contributed by atoms with E-state index in [1.54, 1.807) is 0 Å². The van der Waals surface area contributed by atoms with Crippen LogP contribution in [0.2, 0.25) is 0 Å². The molecule has 3 heterocycles. The molecule has 0 spiro atoms. The predicted octanol–water partition coefficient (Wildman–Crippen LogP) is 3.77. The lowest BCUT2D eigenvalue weighted by molar-refractivity contribution is 0.0787. The van der Waals surface area contributed by atoms with Gasteiger partial charge in [-0.05, 0) is 11.8 Å². The van der Waals surface area contributed by atoms with Gasteiger partial charge in [-0.1, -0.05) is 60.7 Å². The van der Waals surface area contributed by atoms with Crippen molar-refractivity contribution in [1.82, 2.24) is 15.2 Å². The van der Waals surface area contributed by atoms with Crippen molar-refractivity contribution in [3.63, 3.8) is 0 Å². The number of carbonyl (C=O) groups excluding carboxylic acids is 1. The minimum absolute atomic E-state index is 0.128. The summed E-state index contributed by atoms with van der Waals surface area (Å²) in [5.41, 5.74) is 2.86. The van der Waals surface area contributed by atoms with Gasteiger partial charge in [-0.25, -0.2) is 4.98 Å². The summed E-state index contributed by atoms with van der Waals surface area (Å²) in [7, 11) is 0. The Morgan fingerprint density at radius 1 is 0.926 bits per heavy atom. The largest absolute Gasteiger partial charge is 0.337 e. The zero-order chi connectivity index (χ0) is 18.2. The first-order valence-corrected chi connectivity index (χ1v) is 10.2. The highest BCUT2D eigenvalue weighted by Crippen LogP contribution is 2.36. The molecule has 27 heavy (non-hydrogen) atoms. The average Bonchev–Trinajstić information content (AvgIpc) is 3.43. The number of rotatable bonds is 3. The summed E-state index contributed by atoms with van der Waals surface area (Å²) < 4.78 is 0. The van der Waals surface area contributed by atoms with Gasteiger partial charge in [-0.15, -0.1) is 11.3 Å². The van der Waals surface area contributed by atoms with Crippen LogP contribution in [0, 0.1) is 11.8 Å². The molecule has 0 radical (unpaired) electrons. The molecule has 0 bridgehead atoms. The molecule has 3 aromatic rings. The SMILES string of the molecule is O=C(c1sc(-c2ccccc2)nc1-c1ccccc1)N1C[C@H]2CNC[C@H]2C1. The first-order valence-electron chi connectivity index (χ1n) is 9.41. The Balaban J connectivity index is 1.54. The molecule has 1 aromatic heterocycles. The van der Waals surface area contributed by atoms with Crippen LogP contribution in [0.4, 0.5) is 0 Å². The van der Waals surface area contributed by atoms with Crippen LogP contribution in [0.15, 0.2) is 60.7 Å². The molecule has 4 nitrogen and oxygen atoms in total. The highest BCUT2D eigenvalue weighted by atomic mass is 32.1. The van der Waals surface area contributed by atoms with Gasteiger partial charge in [0.15, 0.2) is 0 Å². The smallest absolute Gasteiger partial charge is 0.266 e. The fourth-order valence-corrected chi connectivity index (χ4v) is 5.19. The van der Waals surface area contributed by atoms with Gasteiger partial charge >= 0.3 is 0 Å².